The number of aromatic carboxylic acids is 1. The van der Waals surface area contributed by atoms with E-state index in [2.05, 4.69) is 0 Å². The second kappa shape index (κ2) is 5.02. The lowest BCUT2D eigenvalue weighted by Crippen LogP contribution is -2.00. The number of carboxylic acid groups (broad SMARTS) is 1. The quantitative estimate of drug-likeness (QED) is 0.880. The number of aryl methyl sites for hydroxylation is 2. The van der Waals surface area contributed by atoms with Crippen LogP contribution >= 0.6 is 11.6 Å². The average Bonchev–Trinajstić information content (AvgIpc) is 2.33. The minimum absolute atomic E-state index is 0.344. The van der Waals surface area contributed by atoms with Crippen LogP contribution in [0.3, 0.4) is 0 Å². The molecule has 0 unspecified atom stereocenters. The third-order valence-electron chi connectivity index (χ3n) is 3.09. The molecule has 0 amide bonds. The molecule has 2 rings (SSSR count). The largest absolute Gasteiger partial charge is 0.478 e. The van der Waals surface area contributed by atoms with Gasteiger partial charge in [-0.1, -0.05) is 17.7 Å². The van der Waals surface area contributed by atoms with E-state index in [9.17, 15) is 9.18 Å². The van der Waals surface area contributed by atoms with Gasteiger partial charge in [-0.05, 0) is 54.8 Å². The molecule has 0 saturated carbocycles. The highest BCUT2D eigenvalue weighted by Gasteiger charge is 2.13. The van der Waals surface area contributed by atoms with Gasteiger partial charge in [-0.25, -0.2) is 9.18 Å². The van der Waals surface area contributed by atoms with Crippen molar-refractivity contribution in [2.45, 2.75) is 13.8 Å². The smallest absolute Gasteiger partial charge is 0.338 e. The minimum Gasteiger partial charge on any atom is -0.478 e. The van der Waals surface area contributed by atoms with Crippen LogP contribution in [-0.4, -0.2) is 11.1 Å². The van der Waals surface area contributed by atoms with Gasteiger partial charge in [-0.2, -0.15) is 0 Å². The van der Waals surface area contributed by atoms with Crippen molar-refractivity contribution in [1.82, 2.24) is 0 Å². The number of rotatable bonds is 2. The van der Waals surface area contributed by atoms with E-state index in [1.54, 1.807) is 6.07 Å². The highest BCUT2D eigenvalue weighted by atomic mass is 35.5. The Morgan fingerprint density at radius 3 is 2.37 bits per heavy atom. The van der Waals surface area contributed by atoms with Crippen LogP contribution in [0.1, 0.15) is 21.5 Å². The fraction of sp³-hybridized carbons (Fsp3) is 0.133. The van der Waals surface area contributed by atoms with Gasteiger partial charge in [0.1, 0.15) is 5.82 Å². The van der Waals surface area contributed by atoms with Crippen LogP contribution < -0.4 is 0 Å². The lowest BCUT2D eigenvalue weighted by Gasteiger charge is -2.09. The third-order valence-corrected chi connectivity index (χ3v) is 3.41. The van der Waals surface area contributed by atoms with Crippen molar-refractivity contribution in [3.63, 3.8) is 0 Å². The average molecular weight is 279 g/mol. The van der Waals surface area contributed by atoms with Crippen molar-refractivity contribution in [2.24, 2.45) is 0 Å². The molecule has 0 heterocycles. The van der Waals surface area contributed by atoms with Crippen molar-refractivity contribution in [3.8, 4) is 11.1 Å². The number of halogens is 2. The molecule has 0 aliphatic heterocycles. The van der Waals surface area contributed by atoms with Gasteiger partial charge < -0.3 is 5.11 Å². The van der Waals surface area contributed by atoms with E-state index < -0.39 is 11.8 Å². The van der Waals surface area contributed by atoms with Gasteiger partial charge in [0, 0.05) is 10.6 Å². The van der Waals surface area contributed by atoms with Crippen molar-refractivity contribution in [2.75, 3.05) is 0 Å². The summed E-state index contributed by atoms with van der Waals surface area (Å²) < 4.78 is 13.7. The molecular weight excluding hydrogens is 267 g/mol. The molecule has 2 nitrogen and oxygen atoms in total. The Hall–Kier alpha value is -1.87. The first-order valence-electron chi connectivity index (χ1n) is 5.70. The molecule has 2 aromatic carbocycles. The standard InChI is InChI=1S/C15H12ClFO2/c1-8-5-12(13(16)6-9(8)2)10-3-4-11(15(18)19)14(17)7-10/h3-7H,1-2H3,(H,18,19). The van der Waals surface area contributed by atoms with Crippen LogP contribution in [0.5, 0.6) is 0 Å². The SMILES string of the molecule is Cc1cc(Cl)c(-c2ccc(C(=O)O)c(F)c2)cc1C. The maximum atomic E-state index is 13.7. The maximum Gasteiger partial charge on any atom is 0.338 e. The molecule has 0 spiro atoms. The molecule has 0 radical (unpaired) electrons. The second-order valence-electron chi connectivity index (χ2n) is 4.42. The Morgan fingerprint density at radius 1 is 1.16 bits per heavy atom. The highest BCUT2D eigenvalue weighted by Crippen LogP contribution is 2.31. The molecule has 19 heavy (non-hydrogen) atoms. The Kier molecular flexibility index (Phi) is 3.58. The molecule has 0 aromatic heterocycles. The first-order valence-corrected chi connectivity index (χ1v) is 6.08. The van der Waals surface area contributed by atoms with Gasteiger partial charge in [-0.15, -0.1) is 0 Å². The zero-order valence-electron chi connectivity index (χ0n) is 10.5. The molecule has 0 bridgehead atoms. The highest BCUT2D eigenvalue weighted by molar-refractivity contribution is 6.33. The first-order chi connectivity index (χ1) is 8.90. The molecule has 0 saturated heterocycles. The van der Waals surface area contributed by atoms with Crippen LogP contribution in [0.25, 0.3) is 11.1 Å². The number of hydrogen-bond acceptors (Lipinski definition) is 1. The zero-order chi connectivity index (χ0) is 14.2. The van der Waals surface area contributed by atoms with Crippen molar-refractivity contribution in [1.29, 1.82) is 0 Å². The lowest BCUT2D eigenvalue weighted by molar-refractivity contribution is 0.0692. The summed E-state index contributed by atoms with van der Waals surface area (Å²) in [6, 6.07) is 7.68. The summed E-state index contributed by atoms with van der Waals surface area (Å²) in [7, 11) is 0. The van der Waals surface area contributed by atoms with E-state index >= 15 is 0 Å². The van der Waals surface area contributed by atoms with Gasteiger partial charge in [0.2, 0.25) is 0 Å². The molecule has 1 N–H and O–H groups in total. The Labute approximate surface area is 115 Å². The zero-order valence-corrected chi connectivity index (χ0v) is 11.3. The summed E-state index contributed by atoms with van der Waals surface area (Å²) in [6.45, 7) is 3.89. The van der Waals surface area contributed by atoms with Crippen molar-refractivity contribution >= 4 is 17.6 Å². The second-order valence-corrected chi connectivity index (χ2v) is 4.82. The van der Waals surface area contributed by atoms with Crippen molar-refractivity contribution in [3.05, 3.63) is 57.9 Å². The summed E-state index contributed by atoms with van der Waals surface area (Å²) >= 11 is 6.15. The summed E-state index contributed by atoms with van der Waals surface area (Å²) in [5, 5.41) is 9.32. The number of carbonyl (C=O) groups is 1. The molecule has 2 aromatic rings. The van der Waals surface area contributed by atoms with E-state index in [1.807, 2.05) is 26.0 Å². The van der Waals surface area contributed by atoms with Gasteiger partial charge >= 0.3 is 5.97 Å². The van der Waals surface area contributed by atoms with Crippen LogP contribution in [0.2, 0.25) is 5.02 Å². The third kappa shape index (κ3) is 2.61. The topological polar surface area (TPSA) is 37.3 Å². The minimum atomic E-state index is -1.28. The van der Waals surface area contributed by atoms with Gasteiger partial charge in [0.25, 0.3) is 0 Å². The summed E-state index contributed by atoms with van der Waals surface area (Å²) in [6.07, 6.45) is 0. The monoisotopic (exact) mass is 278 g/mol. The van der Waals surface area contributed by atoms with E-state index in [-0.39, 0.29) is 5.56 Å². The molecular formula is C15H12ClFO2. The maximum absolute atomic E-state index is 13.7. The van der Waals surface area contributed by atoms with E-state index in [0.717, 1.165) is 11.1 Å². The summed E-state index contributed by atoms with van der Waals surface area (Å²) in [5.41, 5.74) is 3.01. The van der Waals surface area contributed by atoms with Crippen LogP contribution in [0.4, 0.5) is 4.39 Å². The predicted octanol–water partition coefficient (Wildman–Crippen LogP) is 4.46. The normalized spacial score (nSPS) is 10.5. The molecule has 4 heteroatoms. The number of carboxylic acids is 1. The summed E-state index contributed by atoms with van der Waals surface area (Å²) in [4.78, 5) is 10.8. The number of benzene rings is 2. The molecule has 98 valence electrons. The molecule has 0 atom stereocenters. The van der Waals surface area contributed by atoms with E-state index in [0.29, 0.717) is 16.1 Å². The fourth-order valence-electron chi connectivity index (χ4n) is 1.86. The van der Waals surface area contributed by atoms with Gasteiger partial charge in [0.15, 0.2) is 0 Å². The van der Waals surface area contributed by atoms with Crippen molar-refractivity contribution < 1.29 is 14.3 Å². The number of hydrogen-bond donors (Lipinski definition) is 1. The first kappa shape index (κ1) is 13.6. The van der Waals surface area contributed by atoms with Gasteiger partial charge in [0.05, 0.1) is 5.56 Å². The molecule has 0 aliphatic rings. The van der Waals surface area contributed by atoms with E-state index in [1.165, 1.54) is 12.1 Å². The Bertz CT molecular complexity index is 665. The van der Waals surface area contributed by atoms with Crippen LogP contribution in [0.15, 0.2) is 30.3 Å². The van der Waals surface area contributed by atoms with E-state index in [4.69, 9.17) is 16.7 Å². The predicted molar refractivity (Wildman–Crippen MR) is 73.3 cm³/mol. The van der Waals surface area contributed by atoms with Crippen LogP contribution in [0, 0.1) is 19.7 Å². The summed E-state index contributed by atoms with van der Waals surface area (Å²) in [5.74, 6) is -2.05. The van der Waals surface area contributed by atoms with Crippen LogP contribution in [-0.2, 0) is 0 Å². The molecule has 0 fully saturated rings. The Balaban J connectivity index is 2.57. The fourth-order valence-corrected chi connectivity index (χ4v) is 2.19. The lowest BCUT2D eigenvalue weighted by atomic mass is 9.99. The molecule has 0 aliphatic carbocycles. The van der Waals surface area contributed by atoms with Gasteiger partial charge in [-0.3, -0.25) is 0 Å². The Morgan fingerprint density at radius 2 is 1.79 bits per heavy atom.